The number of hydrogen-bond donors (Lipinski definition) is 0. The lowest BCUT2D eigenvalue weighted by Crippen LogP contribution is -2.49. The SMILES string of the molecule is N#CC1CCC(N2CCC(N(C=O)C3CC3)CC2)CC1. The molecule has 2 aliphatic carbocycles. The molecule has 0 aromatic rings. The molecule has 110 valence electrons. The third kappa shape index (κ3) is 2.98. The van der Waals surface area contributed by atoms with E-state index in [1.54, 1.807) is 0 Å². The van der Waals surface area contributed by atoms with Crippen molar-refractivity contribution in [3.8, 4) is 6.07 Å². The van der Waals surface area contributed by atoms with Crippen LogP contribution in [0.3, 0.4) is 0 Å². The van der Waals surface area contributed by atoms with Crippen LogP contribution in [0.15, 0.2) is 0 Å². The van der Waals surface area contributed by atoms with Crippen molar-refractivity contribution in [2.75, 3.05) is 13.1 Å². The third-order valence-corrected chi connectivity index (χ3v) is 5.41. The van der Waals surface area contributed by atoms with Crippen molar-refractivity contribution in [2.45, 2.75) is 69.5 Å². The molecular formula is C16H25N3O. The van der Waals surface area contributed by atoms with Gasteiger partial charge in [-0.25, -0.2) is 0 Å². The van der Waals surface area contributed by atoms with Crippen LogP contribution in [-0.4, -0.2) is 47.4 Å². The first-order valence-corrected chi connectivity index (χ1v) is 8.18. The highest BCUT2D eigenvalue weighted by atomic mass is 16.1. The van der Waals surface area contributed by atoms with Gasteiger partial charge in [0.05, 0.1) is 6.07 Å². The molecular weight excluding hydrogens is 250 g/mol. The summed E-state index contributed by atoms with van der Waals surface area (Å²) < 4.78 is 0. The number of likely N-dealkylation sites (tertiary alicyclic amines) is 1. The van der Waals surface area contributed by atoms with Gasteiger partial charge in [0, 0.05) is 37.1 Å². The Morgan fingerprint density at radius 2 is 1.55 bits per heavy atom. The lowest BCUT2D eigenvalue weighted by atomic mass is 9.85. The molecule has 1 heterocycles. The zero-order chi connectivity index (χ0) is 13.9. The first-order valence-electron chi connectivity index (χ1n) is 8.18. The average Bonchev–Trinajstić information content (AvgIpc) is 3.34. The first-order chi connectivity index (χ1) is 9.81. The minimum Gasteiger partial charge on any atom is -0.339 e. The summed E-state index contributed by atoms with van der Waals surface area (Å²) in [6.07, 6.45) is 10.3. The molecule has 0 spiro atoms. The lowest BCUT2D eigenvalue weighted by Gasteiger charge is -2.42. The molecule has 1 saturated heterocycles. The molecule has 3 fully saturated rings. The van der Waals surface area contributed by atoms with Gasteiger partial charge in [-0.3, -0.25) is 4.79 Å². The minimum atomic E-state index is 0.296. The summed E-state index contributed by atoms with van der Waals surface area (Å²) in [6.45, 7) is 2.26. The molecule has 3 aliphatic rings. The minimum absolute atomic E-state index is 0.296. The topological polar surface area (TPSA) is 47.3 Å². The predicted octanol–water partition coefficient (Wildman–Crippen LogP) is 2.15. The summed E-state index contributed by atoms with van der Waals surface area (Å²) in [5.41, 5.74) is 0. The maximum atomic E-state index is 11.2. The van der Waals surface area contributed by atoms with Crippen molar-refractivity contribution in [1.29, 1.82) is 5.26 Å². The van der Waals surface area contributed by atoms with Crippen LogP contribution in [-0.2, 0) is 4.79 Å². The number of hydrogen-bond acceptors (Lipinski definition) is 3. The summed E-state index contributed by atoms with van der Waals surface area (Å²) in [5, 5.41) is 8.97. The van der Waals surface area contributed by atoms with Crippen LogP contribution in [0.2, 0.25) is 0 Å². The van der Waals surface area contributed by atoms with Gasteiger partial charge in [0.15, 0.2) is 0 Å². The Kier molecular flexibility index (Phi) is 4.26. The zero-order valence-corrected chi connectivity index (χ0v) is 12.2. The van der Waals surface area contributed by atoms with E-state index in [1.165, 1.54) is 25.7 Å². The van der Waals surface area contributed by atoms with Crippen molar-refractivity contribution in [1.82, 2.24) is 9.80 Å². The van der Waals surface area contributed by atoms with E-state index in [9.17, 15) is 4.79 Å². The fourth-order valence-electron chi connectivity index (χ4n) is 3.96. The monoisotopic (exact) mass is 275 g/mol. The number of nitriles is 1. The molecule has 0 unspecified atom stereocenters. The van der Waals surface area contributed by atoms with E-state index >= 15 is 0 Å². The van der Waals surface area contributed by atoms with Crippen LogP contribution in [0.25, 0.3) is 0 Å². The third-order valence-electron chi connectivity index (χ3n) is 5.41. The number of rotatable bonds is 4. The van der Waals surface area contributed by atoms with E-state index in [1.807, 2.05) is 0 Å². The van der Waals surface area contributed by atoms with Gasteiger partial charge in [0.1, 0.15) is 0 Å². The van der Waals surface area contributed by atoms with E-state index < -0.39 is 0 Å². The van der Waals surface area contributed by atoms with E-state index in [0.29, 0.717) is 24.0 Å². The number of piperidine rings is 1. The normalized spacial score (nSPS) is 32.5. The van der Waals surface area contributed by atoms with Gasteiger partial charge < -0.3 is 9.80 Å². The Balaban J connectivity index is 1.46. The maximum Gasteiger partial charge on any atom is 0.210 e. The van der Waals surface area contributed by atoms with E-state index in [-0.39, 0.29) is 0 Å². The number of nitrogens with zero attached hydrogens (tertiary/aromatic N) is 3. The van der Waals surface area contributed by atoms with Crippen molar-refractivity contribution in [3.63, 3.8) is 0 Å². The van der Waals surface area contributed by atoms with Crippen molar-refractivity contribution >= 4 is 6.41 Å². The first kappa shape index (κ1) is 13.9. The van der Waals surface area contributed by atoms with Crippen molar-refractivity contribution < 1.29 is 4.79 Å². The van der Waals surface area contributed by atoms with Gasteiger partial charge in [-0.15, -0.1) is 0 Å². The molecule has 1 aliphatic heterocycles. The second-order valence-corrected chi connectivity index (χ2v) is 6.69. The summed E-state index contributed by atoms with van der Waals surface area (Å²) in [5.74, 6) is 0.296. The number of carbonyl (C=O) groups is 1. The van der Waals surface area contributed by atoms with E-state index in [0.717, 1.165) is 45.2 Å². The second kappa shape index (κ2) is 6.13. The average molecular weight is 275 g/mol. The fraction of sp³-hybridized carbons (Fsp3) is 0.875. The fourth-order valence-corrected chi connectivity index (χ4v) is 3.96. The molecule has 0 aromatic carbocycles. The Morgan fingerprint density at radius 1 is 0.950 bits per heavy atom. The smallest absolute Gasteiger partial charge is 0.210 e. The summed E-state index contributed by atoms with van der Waals surface area (Å²) in [4.78, 5) is 15.9. The highest BCUT2D eigenvalue weighted by Gasteiger charge is 2.36. The van der Waals surface area contributed by atoms with Gasteiger partial charge in [-0.1, -0.05) is 0 Å². The summed E-state index contributed by atoms with van der Waals surface area (Å²) in [6, 6.07) is 4.13. The van der Waals surface area contributed by atoms with Gasteiger partial charge in [0.2, 0.25) is 6.41 Å². The summed E-state index contributed by atoms with van der Waals surface area (Å²) in [7, 11) is 0. The van der Waals surface area contributed by atoms with Crippen LogP contribution in [0.1, 0.15) is 51.4 Å². The number of amides is 1. The largest absolute Gasteiger partial charge is 0.339 e. The molecule has 2 saturated carbocycles. The van der Waals surface area contributed by atoms with Gasteiger partial charge in [-0.05, 0) is 51.4 Å². The van der Waals surface area contributed by atoms with Gasteiger partial charge in [0.25, 0.3) is 0 Å². The van der Waals surface area contributed by atoms with Crippen molar-refractivity contribution in [3.05, 3.63) is 0 Å². The number of carbonyl (C=O) groups excluding carboxylic acids is 1. The molecule has 4 heteroatoms. The predicted molar refractivity (Wildman–Crippen MR) is 76.9 cm³/mol. The van der Waals surface area contributed by atoms with Crippen LogP contribution >= 0.6 is 0 Å². The zero-order valence-electron chi connectivity index (χ0n) is 12.2. The van der Waals surface area contributed by atoms with Crippen LogP contribution < -0.4 is 0 Å². The molecule has 20 heavy (non-hydrogen) atoms. The van der Waals surface area contributed by atoms with Crippen LogP contribution in [0.4, 0.5) is 0 Å². The Hall–Kier alpha value is -1.08. The van der Waals surface area contributed by atoms with E-state index in [2.05, 4.69) is 15.9 Å². The van der Waals surface area contributed by atoms with Crippen LogP contribution in [0.5, 0.6) is 0 Å². The highest BCUT2D eigenvalue weighted by Crippen LogP contribution is 2.33. The van der Waals surface area contributed by atoms with Gasteiger partial charge in [-0.2, -0.15) is 5.26 Å². The molecule has 0 aromatic heterocycles. The summed E-state index contributed by atoms with van der Waals surface area (Å²) >= 11 is 0. The Morgan fingerprint density at radius 3 is 2.05 bits per heavy atom. The molecule has 3 rings (SSSR count). The molecule has 0 N–H and O–H groups in total. The quantitative estimate of drug-likeness (QED) is 0.739. The molecule has 0 radical (unpaired) electrons. The standard InChI is InChI=1S/C16H25N3O/c17-11-13-1-3-14(4-2-13)18-9-7-16(8-10-18)19(12-20)15-5-6-15/h12-16H,1-10H2. The van der Waals surface area contributed by atoms with Gasteiger partial charge >= 0.3 is 0 Å². The van der Waals surface area contributed by atoms with Crippen molar-refractivity contribution in [2.24, 2.45) is 5.92 Å². The Bertz CT molecular complexity index is 372. The van der Waals surface area contributed by atoms with Crippen LogP contribution in [0, 0.1) is 17.2 Å². The molecule has 0 atom stereocenters. The molecule has 0 bridgehead atoms. The maximum absolute atomic E-state index is 11.2. The lowest BCUT2D eigenvalue weighted by molar-refractivity contribution is -0.121. The van der Waals surface area contributed by atoms with E-state index in [4.69, 9.17) is 5.26 Å². The second-order valence-electron chi connectivity index (χ2n) is 6.69. The highest BCUT2D eigenvalue weighted by molar-refractivity contribution is 5.49. The molecule has 1 amide bonds. The molecule has 4 nitrogen and oxygen atoms in total. The Labute approximate surface area is 121 Å².